The molecule has 8 heteroatoms. The van der Waals surface area contributed by atoms with Gasteiger partial charge in [-0.05, 0) is 36.2 Å². The van der Waals surface area contributed by atoms with Gasteiger partial charge in [0.1, 0.15) is 10.7 Å². The lowest BCUT2D eigenvalue weighted by Gasteiger charge is -2.30. The van der Waals surface area contributed by atoms with E-state index in [2.05, 4.69) is 11.3 Å². The van der Waals surface area contributed by atoms with Gasteiger partial charge >= 0.3 is 0 Å². The molecule has 0 radical (unpaired) electrons. The van der Waals surface area contributed by atoms with E-state index in [1.807, 2.05) is 11.0 Å². The van der Waals surface area contributed by atoms with Gasteiger partial charge in [-0.15, -0.1) is 4.40 Å². The summed E-state index contributed by atoms with van der Waals surface area (Å²) in [5, 5.41) is 0.731. The average molecular weight is 413 g/mol. The minimum absolute atomic E-state index is 0.222. The van der Waals surface area contributed by atoms with E-state index in [1.54, 1.807) is 24.3 Å². The number of benzene rings is 2. The van der Waals surface area contributed by atoms with Gasteiger partial charge in [0.15, 0.2) is 5.17 Å². The molecule has 0 spiro atoms. The molecule has 26 heavy (non-hydrogen) atoms. The van der Waals surface area contributed by atoms with Crippen LogP contribution < -0.4 is 4.90 Å². The van der Waals surface area contributed by atoms with Gasteiger partial charge in [-0.1, -0.05) is 54.9 Å². The zero-order valence-electron chi connectivity index (χ0n) is 14.2. The zero-order chi connectivity index (χ0) is 18.7. The molecule has 0 aromatic heterocycles. The molecule has 0 bridgehead atoms. The first-order valence-corrected chi connectivity index (χ1v) is 11.0. The normalized spacial score (nSPS) is 15.5. The van der Waals surface area contributed by atoms with Crippen molar-refractivity contribution in [1.29, 1.82) is 0 Å². The summed E-state index contributed by atoms with van der Waals surface area (Å²) in [5.41, 5.74) is 1.37. The number of amidine groups is 1. The van der Waals surface area contributed by atoms with Crippen LogP contribution in [-0.2, 0) is 15.8 Å². The van der Waals surface area contributed by atoms with Crippen molar-refractivity contribution >= 4 is 44.2 Å². The smallest absolute Gasteiger partial charge is 0.286 e. The lowest BCUT2D eigenvalue weighted by atomic mass is 10.2. The van der Waals surface area contributed by atoms with Crippen LogP contribution in [0.4, 0.5) is 10.1 Å². The van der Waals surface area contributed by atoms with Crippen molar-refractivity contribution in [2.45, 2.75) is 30.4 Å². The molecule has 0 amide bonds. The van der Waals surface area contributed by atoms with Crippen LogP contribution in [0.15, 0.2) is 51.8 Å². The minimum atomic E-state index is -3.74. The number of sulfonamides is 1. The highest BCUT2D eigenvalue weighted by molar-refractivity contribution is 8.14. The van der Waals surface area contributed by atoms with Crippen molar-refractivity contribution in [3.8, 4) is 0 Å². The first-order chi connectivity index (χ1) is 12.4. The predicted molar refractivity (Wildman–Crippen MR) is 106 cm³/mol. The van der Waals surface area contributed by atoms with E-state index in [1.165, 1.54) is 23.9 Å². The van der Waals surface area contributed by atoms with Gasteiger partial charge in [0.2, 0.25) is 0 Å². The summed E-state index contributed by atoms with van der Waals surface area (Å²) in [6.45, 7) is 2.75. The van der Waals surface area contributed by atoms with Crippen LogP contribution in [0.1, 0.15) is 25.3 Å². The van der Waals surface area contributed by atoms with E-state index in [4.69, 9.17) is 11.6 Å². The van der Waals surface area contributed by atoms with Crippen molar-refractivity contribution in [2.75, 3.05) is 11.4 Å². The maximum absolute atomic E-state index is 13.2. The van der Waals surface area contributed by atoms with Gasteiger partial charge in [-0.25, -0.2) is 4.39 Å². The van der Waals surface area contributed by atoms with E-state index >= 15 is 0 Å². The molecule has 3 rings (SSSR count). The Labute approximate surface area is 162 Å². The number of halogens is 2. The lowest BCUT2D eigenvalue weighted by Crippen LogP contribution is -2.34. The number of unbranched alkanes of at least 4 members (excludes halogenated alkanes) is 1. The fourth-order valence-corrected chi connectivity index (χ4v) is 5.42. The average Bonchev–Trinajstić information content (AvgIpc) is 2.60. The highest BCUT2D eigenvalue weighted by Crippen LogP contribution is 2.35. The Morgan fingerprint density at radius 2 is 2.00 bits per heavy atom. The van der Waals surface area contributed by atoms with E-state index in [9.17, 15) is 12.8 Å². The summed E-state index contributed by atoms with van der Waals surface area (Å²) < 4.78 is 42.3. The summed E-state index contributed by atoms with van der Waals surface area (Å²) in [7, 11) is -3.74. The number of fused-ring (bicyclic) bond motifs is 1. The third-order valence-electron chi connectivity index (χ3n) is 3.97. The number of hydrogen-bond donors (Lipinski definition) is 0. The molecule has 0 atom stereocenters. The Balaban J connectivity index is 1.92. The monoisotopic (exact) mass is 412 g/mol. The molecule has 138 valence electrons. The Bertz CT molecular complexity index is 948. The second-order valence-electron chi connectivity index (χ2n) is 5.85. The summed E-state index contributed by atoms with van der Waals surface area (Å²) in [4.78, 5) is 2.15. The summed E-state index contributed by atoms with van der Waals surface area (Å²) in [6.07, 6.45) is 1.89. The first-order valence-electron chi connectivity index (χ1n) is 8.20. The molecule has 0 fully saturated rings. The van der Waals surface area contributed by atoms with Crippen LogP contribution >= 0.6 is 23.4 Å². The van der Waals surface area contributed by atoms with Crippen LogP contribution in [0.2, 0.25) is 5.02 Å². The van der Waals surface area contributed by atoms with Gasteiger partial charge in [0, 0.05) is 17.3 Å². The van der Waals surface area contributed by atoms with Crippen LogP contribution in [0.25, 0.3) is 0 Å². The van der Waals surface area contributed by atoms with Crippen molar-refractivity contribution in [1.82, 2.24) is 0 Å². The second kappa shape index (κ2) is 7.98. The zero-order valence-corrected chi connectivity index (χ0v) is 16.5. The van der Waals surface area contributed by atoms with Gasteiger partial charge in [-0.3, -0.25) is 0 Å². The van der Waals surface area contributed by atoms with Crippen molar-refractivity contribution in [3.63, 3.8) is 0 Å². The van der Waals surface area contributed by atoms with Crippen molar-refractivity contribution in [3.05, 3.63) is 58.9 Å². The standard InChI is InChI=1S/C18H18ClFN2O2S2/c1-2-3-10-22-16-6-4-5-7-17(16)26(23,24)21-18(22)25-12-13-8-9-14(20)11-15(13)19/h4-9,11H,2-3,10,12H2,1H3. The minimum Gasteiger partial charge on any atom is -0.319 e. The molecule has 1 heterocycles. The molecule has 0 unspecified atom stereocenters. The molecular formula is C18H18ClFN2O2S2. The van der Waals surface area contributed by atoms with Crippen molar-refractivity contribution in [2.24, 2.45) is 4.40 Å². The van der Waals surface area contributed by atoms with Gasteiger partial charge in [-0.2, -0.15) is 8.42 Å². The maximum atomic E-state index is 13.2. The summed E-state index contributed by atoms with van der Waals surface area (Å²) >= 11 is 7.36. The van der Waals surface area contributed by atoms with E-state index in [0.29, 0.717) is 28.2 Å². The SMILES string of the molecule is CCCCN1C(SCc2ccc(F)cc2Cl)=NS(=O)(=O)c2ccccc21. The van der Waals surface area contributed by atoms with Crippen LogP contribution in [0.5, 0.6) is 0 Å². The van der Waals surface area contributed by atoms with Gasteiger partial charge < -0.3 is 4.90 Å². The molecule has 0 saturated heterocycles. The topological polar surface area (TPSA) is 49.7 Å². The maximum Gasteiger partial charge on any atom is 0.286 e. The molecule has 4 nitrogen and oxygen atoms in total. The fraction of sp³-hybridized carbons (Fsp3) is 0.278. The Hall–Kier alpha value is -1.57. The van der Waals surface area contributed by atoms with Crippen LogP contribution in [0, 0.1) is 5.82 Å². The number of anilines is 1. The lowest BCUT2D eigenvalue weighted by molar-refractivity contribution is 0.596. The molecule has 0 aliphatic carbocycles. The number of nitrogens with zero attached hydrogens (tertiary/aromatic N) is 2. The van der Waals surface area contributed by atoms with Gasteiger partial charge in [0.05, 0.1) is 5.69 Å². The first kappa shape index (κ1) is 19.2. The molecule has 1 aliphatic rings. The summed E-state index contributed by atoms with van der Waals surface area (Å²) in [5.74, 6) is -0.00188. The second-order valence-corrected chi connectivity index (χ2v) is 8.77. The number of thioether (sulfide) groups is 1. The fourth-order valence-electron chi connectivity index (χ4n) is 2.62. The molecule has 1 aliphatic heterocycles. The number of hydrogen-bond acceptors (Lipinski definition) is 4. The van der Waals surface area contributed by atoms with E-state index in [0.717, 1.165) is 18.4 Å². The number of para-hydroxylation sites is 1. The van der Waals surface area contributed by atoms with Crippen molar-refractivity contribution < 1.29 is 12.8 Å². The largest absolute Gasteiger partial charge is 0.319 e. The van der Waals surface area contributed by atoms with Crippen LogP contribution in [-0.4, -0.2) is 20.1 Å². The molecule has 0 N–H and O–H groups in total. The molecular weight excluding hydrogens is 395 g/mol. The Kier molecular flexibility index (Phi) is 5.89. The number of rotatable bonds is 5. The van der Waals surface area contributed by atoms with Gasteiger partial charge in [0.25, 0.3) is 10.0 Å². The molecule has 2 aromatic rings. The third-order valence-corrected chi connectivity index (χ3v) is 6.78. The van der Waals surface area contributed by atoms with Crippen LogP contribution in [0.3, 0.4) is 0 Å². The molecule has 2 aromatic carbocycles. The quantitative estimate of drug-likeness (QED) is 0.687. The van der Waals surface area contributed by atoms with E-state index in [-0.39, 0.29) is 4.90 Å². The predicted octanol–water partition coefficient (Wildman–Crippen LogP) is 5.08. The Morgan fingerprint density at radius 3 is 2.73 bits per heavy atom. The molecule has 0 saturated carbocycles. The third kappa shape index (κ3) is 4.05. The highest BCUT2D eigenvalue weighted by atomic mass is 35.5. The van der Waals surface area contributed by atoms with E-state index < -0.39 is 15.8 Å². The highest BCUT2D eigenvalue weighted by Gasteiger charge is 2.30. The summed E-state index contributed by atoms with van der Waals surface area (Å²) in [6, 6.07) is 11.1. The Morgan fingerprint density at radius 1 is 1.23 bits per heavy atom.